The predicted octanol–water partition coefficient (Wildman–Crippen LogP) is 0.759. The Kier molecular flexibility index (Phi) is 4.71. The molecule has 7 heteroatoms. The van der Waals surface area contributed by atoms with Crippen molar-refractivity contribution >= 4 is 21.4 Å². The van der Waals surface area contributed by atoms with Gasteiger partial charge in [0.15, 0.2) is 0 Å². The first-order valence-electron chi connectivity index (χ1n) is 5.11. The minimum atomic E-state index is -3.14. The topological polar surface area (TPSA) is 84.2 Å². The van der Waals surface area contributed by atoms with Crippen LogP contribution in [0.1, 0.15) is 6.42 Å². The highest BCUT2D eigenvalue weighted by molar-refractivity contribution is 7.88. The Morgan fingerprint density at radius 3 is 2.59 bits per heavy atom. The summed E-state index contributed by atoms with van der Waals surface area (Å²) in [5.41, 5.74) is 6.41. The number of nitrogens with one attached hydrogen (secondary N) is 2. The van der Waals surface area contributed by atoms with E-state index in [2.05, 4.69) is 10.0 Å². The number of hydrogen-bond acceptors (Lipinski definition) is 4. The second-order valence-corrected chi connectivity index (χ2v) is 5.55. The molecule has 1 rings (SSSR count). The average Bonchev–Trinajstić information content (AvgIpc) is 2.13. The predicted molar refractivity (Wildman–Crippen MR) is 66.8 cm³/mol. The molecule has 5 nitrogen and oxygen atoms in total. The van der Waals surface area contributed by atoms with Crippen LogP contribution >= 0.6 is 0 Å². The zero-order chi connectivity index (χ0) is 12.9. The van der Waals surface area contributed by atoms with Crippen molar-refractivity contribution in [2.75, 3.05) is 30.4 Å². The zero-order valence-electron chi connectivity index (χ0n) is 9.53. The number of nitrogen functional groups attached to an aromatic ring is 1. The Bertz CT molecular complexity index is 456. The molecule has 0 aliphatic rings. The molecule has 1 aromatic carbocycles. The van der Waals surface area contributed by atoms with Gasteiger partial charge in [0, 0.05) is 24.5 Å². The molecular weight excluding hydrogens is 245 g/mol. The lowest BCUT2D eigenvalue weighted by atomic mass is 10.2. The quantitative estimate of drug-likeness (QED) is 0.521. The molecule has 0 fully saturated rings. The lowest BCUT2D eigenvalue weighted by molar-refractivity contribution is 0.586. The van der Waals surface area contributed by atoms with E-state index >= 15 is 0 Å². The van der Waals surface area contributed by atoms with Crippen LogP contribution in [0.2, 0.25) is 0 Å². The second kappa shape index (κ2) is 5.83. The van der Waals surface area contributed by atoms with Gasteiger partial charge in [-0.2, -0.15) is 0 Å². The number of rotatable bonds is 6. The van der Waals surface area contributed by atoms with E-state index in [4.69, 9.17) is 5.73 Å². The zero-order valence-corrected chi connectivity index (χ0v) is 10.3. The van der Waals surface area contributed by atoms with Gasteiger partial charge in [0.05, 0.1) is 6.26 Å². The van der Waals surface area contributed by atoms with Crippen molar-refractivity contribution in [2.24, 2.45) is 0 Å². The van der Waals surface area contributed by atoms with Crippen LogP contribution in [-0.2, 0) is 10.0 Å². The van der Waals surface area contributed by atoms with Crippen molar-refractivity contribution in [1.82, 2.24) is 4.72 Å². The van der Waals surface area contributed by atoms with Crippen LogP contribution in [0, 0.1) is 5.82 Å². The molecule has 0 amide bonds. The van der Waals surface area contributed by atoms with Crippen molar-refractivity contribution < 1.29 is 12.8 Å². The molecule has 0 saturated heterocycles. The summed E-state index contributed by atoms with van der Waals surface area (Å²) in [6.07, 6.45) is 1.71. The molecule has 96 valence electrons. The fraction of sp³-hybridized carbons (Fsp3) is 0.400. The summed E-state index contributed by atoms with van der Waals surface area (Å²) in [5.74, 6) is -0.401. The molecule has 0 unspecified atom stereocenters. The van der Waals surface area contributed by atoms with Gasteiger partial charge in [0.2, 0.25) is 10.0 Å². The van der Waals surface area contributed by atoms with Crippen molar-refractivity contribution in [3.63, 3.8) is 0 Å². The van der Waals surface area contributed by atoms with Gasteiger partial charge in [-0.15, -0.1) is 0 Å². The van der Waals surface area contributed by atoms with E-state index in [1.807, 2.05) is 0 Å². The van der Waals surface area contributed by atoms with Gasteiger partial charge in [0.25, 0.3) is 0 Å². The summed E-state index contributed by atoms with van der Waals surface area (Å²) in [4.78, 5) is 0. The monoisotopic (exact) mass is 261 g/mol. The summed E-state index contributed by atoms with van der Waals surface area (Å²) in [7, 11) is -3.14. The van der Waals surface area contributed by atoms with E-state index < -0.39 is 15.8 Å². The molecule has 0 aliphatic carbocycles. The Labute approximate surface area is 100 Å². The SMILES string of the molecule is CS(=O)(=O)NCCCNc1cc(N)cc(F)c1. The molecule has 0 radical (unpaired) electrons. The number of sulfonamides is 1. The number of benzene rings is 1. The van der Waals surface area contributed by atoms with Gasteiger partial charge in [0.1, 0.15) is 5.82 Å². The first kappa shape index (κ1) is 13.7. The van der Waals surface area contributed by atoms with Gasteiger partial charge in [-0.25, -0.2) is 17.5 Å². The molecular formula is C10H16FN3O2S. The Balaban J connectivity index is 2.31. The van der Waals surface area contributed by atoms with Crippen LogP contribution in [0.15, 0.2) is 18.2 Å². The number of hydrogen-bond donors (Lipinski definition) is 3. The second-order valence-electron chi connectivity index (χ2n) is 3.72. The summed E-state index contributed by atoms with van der Waals surface area (Å²) in [5, 5.41) is 2.96. The summed E-state index contributed by atoms with van der Waals surface area (Å²) in [6.45, 7) is 0.877. The highest BCUT2D eigenvalue weighted by Crippen LogP contribution is 2.15. The minimum absolute atomic E-state index is 0.344. The molecule has 0 aromatic heterocycles. The van der Waals surface area contributed by atoms with Gasteiger partial charge < -0.3 is 11.1 Å². The fourth-order valence-electron chi connectivity index (χ4n) is 1.29. The fourth-order valence-corrected chi connectivity index (χ4v) is 1.81. The van der Waals surface area contributed by atoms with E-state index in [1.54, 1.807) is 6.07 Å². The highest BCUT2D eigenvalue weighted by atomic mass is 32.2. The Hall–Kier alpha value is -1.34. The van der Waals surface area contributed by atoms with Crippen molar-refractivity contribution in [3.05, 3.63) is 24.0 Å². The number of anilines is 2. The van der Waals surface area contributed by atoms with Crippen molar-refractivity contribution in [2.45, 2.75) is 6.42 Å². The summed E-state index contributed by atoms with van der Waals surface area (Å²) in [6, 6.07) is 4.18. The minimum Gasteiger partial charge on any atom is -0.399 e. The highest BCUT2D eigenvalue weighted by Gasteiger charge is 2.00. The average molecular weight is 261 g/mol. The third kappa shape index (κ3) is 6.08. The van der Waals surface area contributed by atoms with Crippen LogP contribution in [0.25, 0.3) is 0 Å². The lowest BCUT2D eigenvalue weighted by Gasteiger charge is -2.07. The smallest absolute Gasteiger partial charge is 0.208 e. The van der Waals surface area contributed by atoms with Crippen LogP contribution in [0.4, 0.5) is 15.8 Å². The normalized spacial score (nSPS) is 11.4. The molecule has 0 heterocycles. The van der Waals surface area contributed by atoms with Crippen molar-refractivity contribution in [3.8, 4) is 0 Å². The first-order chi connectivity index (χ1) is 7.87. The maximum absolute atomic E-state index is 12.9. The van der Waals surface area contributed by atoms with Crippen LogP contribution < -0.4 is 15.8 Å². The number of nitrogens with two attached hydrogens (primary N) is 1. The molecule has 1 aromatic rings. The van der Waals surface area contributed by atoms with E-state index in [9.17, 15) is 12.8 Å². The van der Waals surface area contributed by atoms with E-state index in [1.165, 1.54) is 12.1 Å². The molecule has 17 heavy (non-hydrogen) atoms. The van der Waals surface area contributed by atoms with Gasteiger partial charge in [-0.1, -0.05) is 0 Å². The standard InChI is InChI=1S/C10H16FN3O2S/c1-17(15,16)14-4-2-3-13-10-6-8(11)5-9(12)7-10/h5-7,13-14H,2-4,12H2,1H3. The van der Waals surface area contributed by atoms with E-state index in [0.717, 1.165) is 6.26 Å². The summed E-state index contributed by atoms with van der Waals surface area (Å²) < 4.78 is 36.8. The first-order valence-corrected chi connectivity index (χ1v) is 7.00. The third-order valence-corrected chi connectivity index (χ3v) is 2.70. The van der Waals surface area contributed by atoms with Crippen LogP contribution in [-0.4, -0.2) is 27.8 Å². The van der Waals surface area contributed by atoms with Gasteiger partial charge in [-0.05, 0) is 24.6 Å². The van der Waals surface area contributed by atoms with Crippen molar-refractivity contribution in [1.29, 1.82) is 0 Å². The van der Waals surface area contributed by atoms with Gasteiger partial charge >= 0.3 is 0 Å². The molecule has 0 bridgehead atoms. The summed E-state index contributed by atoms with van der Waals surface area (Å²) >= 11 is 0. The van der Waals surface area contributed by atoms with Gasteiger partial charge in [-0.3, -0.25) is 0 Å². The largest absolute Gasteiger partial charge is 0.399 e. The molecule has 0 spiro atoms. The number of halogens is 1. The lowest BCUT2D eigenvalue weighted by Crippen LogP contribution is -2.24. The van der Waals surface area contributed by atoms with E-state index in [0.29, 0.717) is 30.9 Å². The maximum Gasteiger partial charge on any atom is 0.208 e. The van der Waals surface area contributed by atoms with E-state index in [-0.39, 0.29) is 0 Å². The van der Waals surface area contributed by atoms with Crippen LogP contribution in [0.3, 0.4) is 0 Å². The Morgan fingerprint density at radius 1 is 1.29 bits per heavy atom. The molecule has 4 N–H and O–H groups in total. The molecule has 0 saturated carbocycles. The third-order valence-electron chi connectivity index (χ3n) is 1.97. The molecule has 0 atom stereocenters. The van der Waals surface area contributed by atoms with Crippen LogP contribution in [0.5, 0.6) is 0 Å². The maximum atomic E-state index is 12.9. The Morgan fingerprint density at radius 2 is 2.00 bits per heavy atom. The molecule has 0 aliphatic heterocycles.